The van der Waals surface area contributed by atoms with Crippen LogP contribution in [0.4, 0.5) is 0 Å². The molecule has 1 aromatic rings. The molecule has 2 atom stereocenters. The molecule has 2 rings (SSSR count). The second kappa shape index (κ2) is 3.59. The maximum absolute atomic E-state index is 11.9. The first-order valence-electron chi connectivity index (χ1n) is 4.75. The minimum Gasteiger partial charge on any atom is -0.395 e. The SMILES string of the molecule is Cc1ccc(S(=O)(=O)N2CC2CO)cc1. The third-order valence-corrected chi connectivity index (χ3v) is 4.44. The standard InChI is InChI=1S/C10H13NO3S/c1-8-2-4-10(5-3-8)15(13,14)11-6-9(11)7-12/h2-5,9,12H,6-7H2,1H3. The van der Waals surface area contributed by atoms with Gasteiger partial charge in [0.2, 0.25) is 10.0 Å². The Hall–Kier alpha value is -0.910. The Morgan fingerprint density at radius 2 is 2.00 bits per heavy atom. The lowest BCUT2D eigenvalue weighted by Gasteiger charge is -2.05. The highest BCUT2D eigenvalue weighted by molar-refractivity contribution is 7.89. The van der Waals surface area contributed by atoms with Gasteiger partial charge in [0, 0.05) is 6.54 Å². The molecule has 0 radical (unpaired) electrons. The summed E-state index contributed by atoms with van der Waals surface area (Å²) in [5, 5.41) is 8.82. The highest BCUT2D eigenvalue weighted by Crippen LogP contribution is 2.27. The normalized spacial score (nSPS) is 25.2. The van der Waals surface area contributed by atoms with Crippen LogP contribution in [-0.2, 0) is 10.0 Å². The highest BCUT2D eigenvalue weighted by Gasteiger charge is 2.43. The molecule has 2 unspecified atom stereocenters. The number of benzene rings is 1. The van der Waals surface area contributed by atoms with E-state index in [0.29, 0.717) is 11.4 Å². The van der Waals surface area contributed by atoms with Gasteiger partial charge in [0.25, 0.3) is 0 Å². The zero-order chi connectivity index (χ0) is 11.1. The maximum Gasteiger partial charge on any atom is 0.243 e. The van der Waals surface area contributed by atoms with Gasteiger partial charge >= 0.3 is 0 Å². The fourth-order valence-electron chi connectivity index (χ4n) is 1.45. The second-order valence-electron chi connectivity index (χ2n) is 3.72. The predicted octanol–water partition coefficient (Wildman–Crippen LogP) is 0.360. The summed E-state index contributed by atoms with van der Waals surface area (Å²) in [6.45, 7) is 2.22. The summed E-state index contributed by atoms with van der Waals surface area (Å²) in [7, 11) is -3.37. The molecule has 1 heterocycles. The molecule has 1 aromatic carbocycles. The van der Waals surface area contributed by atoms with E-state index in [9.17, 15) is 8.42 Å². The number of hydrogen-bond donors (Lipinski definition) is 1. The lowest BCUT2D eigenvalue weighted by Crippen LogP contribution is -2.16. The van der Waals surface area contributed by atoms with Gasteiger partial charge in [-0.2, -0.15) is 4.31 Å². The Morgan fingerprint density at radius 3 is 2.47 bits per heavy atom. The zero-order valence-corrected chi connectivity index (χ0v) is 9.24. The van der Waals surface area contributed by atoms with Crippen molar-refractivity contribution in [1.82, 2.24) is 4.31 Å². The molecule has 1 saturated heterocycles. The van der Waals surface area contributed by atoms with Crippen LogP contribution in [-0.4, -0.2) is 37.0 Å². The third kappa shape index (κ3) is 1.90. The lowest BCUT2D eigenvalue weighted by molar-refractivity contribution is 0.287. The number of rotatable bonds is 3. The lowest BCUT2D eigenvalue weighted by atomic mass is 10.2. The van der Waals surface area contributed by atoms with Crippen LogP contribution >= 0.6 is 0 Å². The Labute approximate surface area is 89.2 Å². The first-order chi connectivity index (χ1) is 7.05. The summed E-state index contributed by atoms with van der Waals surface area (Å²) < 4.78 is 25.1. The van der Waals surface area contributed by atoms with Gasteiger partial charge in [-0.05, 0) is 19.1 Å². The largest absolute Gasteiger partial charge is 0.395 e. The van der Waals surface area contributed by atoms with Crippen LogP contribution in [0.3, 0.4) is 0 Å². The molecule has 0 saturated carbocycles. The highest BCUT2D eigenvalue weighted by atomic mass is 32.2. The van der Waals surface area contributed by atoms with E-state index in [0.717, 1.165) is 5.56 Å². The number of hydrogen-bond acceptors (Lipinski definition) is 3. The van der Waals surface area contributed by atoms with Crippen molar-refractivity contribution >= 4 is 10.0 Å². The molecule has 1 N–H and O–H groups in total. The molecule has 0 spiro atoms. The first-order valence-corrected chi connectivity index (χ1v) is 6.19. The van der Waals surface area contributed by atoms with Crippen LogP contribution in [0.5, 0.6) is 0 Å². The van der Waals surface area contributed by atoms with Crippen molar-refractivity contribution in [3.05, 3.63) is 29.8 Å². The average molecular weight is 227 g/mol. The maximum atomic E-state index is 11.9. The van der Waals surface area contributed by atoms with E-state index >= 15 is 0 Å². The van der Waals surface area contributed by atoms with Crippen molar-refractivity contribution in [3.8, 4) is 0 Å². The number of aliphatic hydroxyl groups excluding tert-OH is 1. The van der Waals surface area contributed by atoms with Crippen molar-refractivity contribution in [1.29, 1.82) is 0 Å². The molecule has 0 aliphatic carbocycles. The second-order valence-corrected chi connectivity index (χ2v) is 5.61. The summed E-state index contributed by atoms with van der Waals surface area (Å²) in [6.07, 6.45) is 0. The van der Waals surface area contributed by atoms with Crippen LogP contribution in [0.25, 0.3) is 0 Å². The van der Waals surface area contributed by atoms with Crippen molar-refractivity contribution in [3.63, 3.8) is 0 Å². The molecule has 0 aromatic heterocycles. The topological polar surface area (TPSA) is 57.4 Å². The number of sulfonamides is 1. The Balaban J connectivity index is 2.27. The quantitative estimate of drug-likeness (QED) is 0.759. The fraction of sp³-hybridized carbons (Fsp3) is 0.400. The summed E-state index contributed by atoms with van der Waals surface area (Å²) in [5.41, 5.74) is 1.03. The molecule has 1 aliphatic rings. The van der Waals surface area contributed by atoms with E-state index in [4.69, 9.17) is 5.11 Å². The van der Waals surface area contributed by atoms with Crippen LogP contribution in [0.2, 0.25) is 0 Å². The molecule has 82 valence electrons. The van der Waals surface area contributed by atoms with Crippen molar-refractivity contribution < 1.29 is 13.5 Å². The van der Waals surface area contributed by atoms with E-state index < -0.39 is 10.0 Å². The van der Waals surface area contributed by atoms with E-state index in [1.165, 1.54) is 4.31 Å². The summed E-state index contributed by atoms with van der Waals surface area (Å²) >= 11 is 0. The van der Waals surface area contributed by atoms with E-state index in [1.54, 1.807) is 24.3 Å². The fourth-order valence-corrected chi connectivity index (χ4v) is 3.03. The summed E-state index contributed by atoms with van der Waals surface area (Å²) in [6, 6.07) is 6.50. The predicted molar refractivity (Wildman–Crippen MR) is 55.9 cm³/mol. The summed E-state index contributed by atoms with van der Waals surface area (Å²) in [5.74, 6) is 0. The number of aliphatic hydroxyl groups is 1. The smallest absolute Gasteiger partial charge is 0.243 e. The van der Waals surface area contributed by atoms with Crippen LogP contribution < -0.4 is 0 Å². The van der Waals surface area contributed by atoms with Gasteiger partial charge in [-0.15, -0.1) is 0 Å². The van der Waals surface area contributed by atoms with Gasteiger partial charge in [-0.3, -0.25) is 0 Å². The molecule has 4 nitrogen and oxygen atoms in total. The van der Waals surface area contributed by atoms with Crippen LogP contribution in [0.15, 0.2) is 29.2 Å². The van der Waals surface area contributed by atoms with Gasteiger partial charge in [0.1, 0.15) is 0 Å². The van der Waals surface area contributed by atoms with E-state index in [2.05, 4.69) is 0 Å². The minimum absolute atomic E-state index is 0.106. The van der Waals surface area contributed by atoms with E-state index in [1.807, 2.05) is 6.92 Å². The average Bonchev–Trinajstić information content (AvgIpc) is 2.98. The first kappa shape index (κ1) is 10.6. The Bertz CT molecular complexity index is 452. The molecule has 1 aliphatic heterocycles. The zero-order valence-electron chi connectivity index (χ0n) is 8.42. The Kier molecular flexibility index (Phi) is 2.54. The van der Waals surface area contributed by atoms with Gasteiger partial charge in [0.15, 0.2) is 0 Å². The molecule has 0 bridgehead atoms. The van der Waals surface area contributed by atoms with Crippen LogP contribution in [0, 0.1) is 6.92 Å². The van der Waals surface area contributed by atoms with Crippen LogP contribution in [0.1, 0.15) is 5.56 Å². The number of nitrogens with zero attached hydrogens (tertiary/aromatic N) is 1. The Morgan fingerprint density at radius 1 is 1.40 bits per heavy atom. The van der Waals surface area contributed by atoms with Crippen molar-refractivity contribution in [2.45, 2.75) is 17.9 Å². The van der Waals surface area contributed by atoms with Gasteiger partial charge in [0.05, 0.1) is 17.5 Å². The monoisotopic (exact) mass is 227 g/mol. The molecular weight excluding hydrogens is 214 g/mol. The third-order valence-electron chi connectivity index (χ3n) is 2.50. The molecule has 0 amide bonds. The molecule has 15 heavy (non-hydrogen) atoms. The minimum atomic E-state index is -3.37. The van der Waals surface area contributed by atoms with Gasteiger partial charge in [-0.25, -0.2) is 8.42 Å². The summed E-state index contributed by atoms with van der Waals surface area (Å²) in [4.78, 5) is 0.295. The molecule has 5 heteroatoms. The molecule has 1 fully saturated rings. The van der Waals surface area contributed by atoms with Crippen molar-refractivity contribution in [2.24, 2.45) is 0 Å². The molecular formula is C10H13NO3S. The van der Waals surface area contributed by atoms with Crippen molar-refractivity contribution in [2.75, 3.05) is 13.2 Å². The number of aryl methyl sites for hydroxylation is 1. The van der Waals surface area contributed by atoms with Gasteiger partial charge in [-0.1, -0.05) is 17.7 Å². The van der Waals surface area contributed by atoms with Gasteiger partial charge < -0.3 is 5.11 Å². The van der Waals surface area contributed by atoms with E-state index in [-0.39, 0.29) is 12.6 Å².